The number of benzene rings is 1. The lowest BCUT2D eigenvalue weighted by atomic mass is 9.80. The maximum Gasteiger partial charge on any atom is 0.136 e. The van der Waals surface area contributed by atoms with Crippen LogP contribution in [0.25, 0.3) is 0 Å². The summed E-state index contributed by atoms with van der Waals surface area (Å²) in [4.78, 5) is 0. The minimum Gasteiger partial charge on any atom is -0.399 e. The van der Waals surface area contributed by atoms with Gasteiger partial charge in [0.25, 0.3) is 0 Å². The van der Waals surface area contributed by atoms with E-state index in [0.717, 1.165) is 12.8 Å². The Bertz CT molecular complexity index is 359. The van der Waals surface area contributed by atoms with Crippen molar-refractivity contribution in [2.24, 2.45) is 5.92 Å². The molecule has 1 atom stereocenters. The Labute approximate surface area is 95.6 Å². The van der Waals surface area contributed by atoms with E-state index in [9.17, 15) is 4.39 Å². The van der Waals surface area contributed by atoms with Crippen molar-refractivity contribution >= 4 is 5.69 Å². The SMILES string of the molecule is CC(F)(c1cccc(N)c1)C1CCOCC1. The molecule has 0 spiro atoms. The third kappa shape index (κ3) is 2.19. The highest BCUT2D eigenvalue weighted by Crippen LogP contribution is 2.39. The van der Waals surface area contributed by atoms with Crippen LogP contribution in [0.4, 0.5) is 10.1 Å². The first-order chi connectivity index (χ1) is 7.60. The molecule has 1 aliphatic heterocycles. The Kier molecular flexibility index (Phi) is 3.15. The molecule has 88 valence electrons. The zero-order valence-electron chi connectivity index (χ0n) is 9.58. The van der Waals surface area contributed by atoms with Gasteiger partial charge in [0.2, 0.25) is 0 Å². The van der Waals surface area contributed by atoms with Gasteiger partial charge < -0.3 is 10.5 Å². The molecule has 2 rings (SSSR count). The summed E-state index contributed by atoms with van der Waals surface area (Å²) in [6.45, 7) is 2.97. The average molecular weight is 223 g/mol. The summed E-state index contributed by atoms with van der Waals surface area (Å²) >= 11 is 0. The second-order valence-corrected chi connectivity index (χ2v) is 4.59. The molecule has 0 aliphatic carbocycles. The molecule has 0 saturated carbocycles. The van der Waals surface area contributed by atoms with E-state index in [4.69, 9.17) is 10.5 Å². The van der Waals surface area contributed by atoms with Crippen LogP contribution in [0, 0.1) is 5.92 Å². The van der Waals surface area contributed by atoms with Gasteiger partial charge in [0.1, 0.15) is 5.67 Å². The van der Waals surface area contributed by atoms with Gasteiger partial charge in [-0.2, -0.15) is 0 Å². The van der Waals surface area contributed by atoms with E-state index in [1.54, 1.807) is 19.1 Å². The van der Waals surface area contributed by atoms with Gasteiger partial charge in [0.05, 0.1) is 0 Å². The average Bonchev–Trinajstić information content (AvgIpc) is 2.30. The van der Waals surface area contributed by atoms with E-state index in [1.165, 1.54) is 0 Å². The summed E-state index contributed by atoms with van der Waals surface area (Å²) in [6.07, 6.45) is 1.56. The number of anilines is 1. The van der Waals surface area contributed by atoms with Gasteiger partial charge in [-0.3, -0.25) is 0 Å². The highest BCUT2D eigenvalue weighted by atomic mass is 19.1. The summed E-state index contributed by atoms with van der Waals surface area (Å²) in [5.74, 6) is 0.0306. The Morgan fingerprint density at radius 2 is 2.06 bits per heavy atom. The molecule has 16 heavy (non-hydrogen) atoms. The molecular weight excluding hydrogens is 205 g/mol. The predicted octanol–water partition coefficient (Wildman–Crippen LogP) is 2.88. The van der Waals surface area contributed by atoms with E-state index in [0.29, 0.717) is 24.5 Å². The van der Waals surface area contributed by atoms with Crippen LogP contribution < -0.4 is 5.73 Å². The second kappa shape index (κ2) is 4.42. The second-order valence-electron chi connectivity index (χ2n) is 4.59. The summed E-state index contributed by atoms with van der Waals surface area (Å²) in [7, 11) is 0. The highest BCUT2D eigenvalue weighted by molar-refractivity contribution is 5.42. The molecule has 0 aromatic heterocycles. The summed E-state index contributed by atoms with van der Waals surface area (Å²) in [6, 6.07) is 7.13. The van der Waals surface area contributed by atoms with Crippen LogP contribution in [0.2, 0.25) is 0 Å². The zero-order valence-corrected chi connectivity index (χ0v) is 9.58. The molecule has 1 fully saturated rings. The van der Waals surface area contributed by atoms with E-state index in [-0.39, 0.29) is 5.92 Å². The molecule has 0 bridgehead atoms. The largest absolute Gasteiger partial charge is 0.399 e. The fourth-order valence-electron chi connectivity index (χ4n) is 2.32. The third-order valence-corrected chi connectivity index (χ3v) is 3.44. The number of ether oxygens (including phenoxy) is 1. The first kappa shape index (κ1) is 11.4. The van der Waals surface area contributed by atoms with Gasteiger partial charge in [-0.1, -0.05) is 12.1 Å². The molecule has 1 saturated heterocycles. The Balaban J connectivity index is 2.22. The molecule has 1 heterocycles. The van der Waals surface area contributed by atoms with Crippen molar-refractivity contribution in [1.29, 1.82) is 0 Å². The van der Waals surface area contributed by atoms with Crippen molar-refractivity contribution in [3.8, 4) is 0 Å². The number of hydrogen-bond donors (Lipinski definition) is 1. The Hall–Kier alpha value is -1.09. The fraction of sp³-hybridized carbons (Fsp3) is 0.538. The molecule has 1 aromatic carbocycles. The molecule has 0 amide bonds. The lowest BCUT2D eigenvalue weighted by Gasteiger charge is -2.33. The van der Waals surface area contributed by atoms with Crippen molar-refractivity contribution in [3.63, 3.8) is 0 Å². The number of nitrogen functional groups attached to an aromatic ring is 1. The molecule has 0 radical (unpaired) electrons. The van der Waals surface area contributed by atoms with Crippen LogP contribution in [0.5, 0.6) is 0 Å². The lowest BCUT2D eigenvalue weighted by Crippen LogP contribution is -2.32. The minimum absolute atomic E-state index is 0.0306. The first-order valence-electron chi connectivity index (χ1n) is 5.73. The topological polar surface area (TPSA) is 35.2 Å². The molecular formula is C13H18FNO. The maximum absolute atomic E-state index is 14.8. The van der Waals surface area contributed by atoms with Gasteiger partial charge in [-0.15, -0.1) is 0 Å². The van der Waals surface area contributed by atoms with Crippen LogP contribution in [0.1, 0.15) is 25.3 Å². The highest BCUT2D eigenvalue weighted by Gasteiger charge is 2.36. The number of rotatable bonds is 2. The van der Waals surface area contributed by atoms with Crippen LogP contribution in [0.15, 0.2) is 24.3 Å². The number of halogens is 1. The van der Waals surface area contributed by atoms with Gasteiger partial charge in [-0.05, 0) is 37.5 Å². The van der Waals surface area contributed by atoms with Gasteiger partial charge >= 0.3 is 0 Å². The van der Waals surface area contributed by atoms with Gasteiger partial charge in [0, 0.05) is 24.8 Å². The molecule has 3 heteroatoms. The predicted molar refractivity (Wildman–Crippen MR) is 62.9 cm³/mol. The molecule has 1 unspecified atom stereocenters. The summed E-state index contributed by atoms with van der Waals surface area (Å²) < 4.78 is 20.0. The van der Waals surface area contributed by atoms with Crippen LogP contribution >= 0.6 is 0 Å². The fourth-order valence-corrected chi connectivity index (χ4v) is 2.32. The molecule has 1 aromatic rings. The smallest absolute Gasteiger partial charge is 0.136 e. The summed E-state index contributed by atoms with van der Waals surface area (Å²) in [5.41, 5.74) is 5.69. The van der Waals surface area contributed by atoms with Crippen LogP contribution in [-0.2, 0) is 10.4 Å². The van der Waals surface area contributed by atoms with Crippen molar-refractivity contribution in [1.82, 2.24) is 0 Å². The molecule has 2 nitrogen and oxygen atoms in total. The van der Waals surface area contributed by atoms with E-state index >= 15 is 0 Å². The minimum atomic E-state index is -1.31. The van der Waals surface area contributed by atoms with E-state index < -0.39 is 5.67 Å². The van der Waals surface area contributed by atoms with Crippen LogP contribution in [0.3, 0.4) is 0 Å². The molecule has 2 N–H and O–H groups in total. The monoisotopic (exact) mass is 223 g/mol. The van der Waals surface area contributed by atoms with Crippen LogP contribution in [-0.4, -0.2) is 13.2 Å². The first-order valence-corrected chi connectivity index (χ1v) is 5.73. The van der Waals surface area contributed by atoms with E-state index in [2.05, 4.69) is 0 Å². The Morgan fingerprint density at radius 3 is 2.69 bits per heavy atom. The lowest BCUT2D eigenvalue weighted by molar-refractivity contribution is -0.00496. The maximum atomic E-state index is 14.8. The van der Waals surface area contributed by atoms with Gasteiger partial charge in [-0.25, -0.2) is 4.39 Å². The van der Waals surface area contributed by atoms with Crippen molar-refractivity contribution in [3.05, 3.63) is 29.8 Å². The number of alkyl halides is 1. The van der Waals surface area contributed by atoms with Crippen molar-refractivity contribution in [2.45, 2.75) is 25.4 Å². The van der Waals surface area contributed by atoms with Crippen molar-refractivity contribution in [2.75, 3.05) is 18.9 Å². The van der Waals surface area contributed by atoms with Gasteiger partial charge in [0.15, 0.2) is 0 Å². The number of hydrogen-bond acceptors (Lipinski definition) is 2. The quantitative estimate of drug-likeness (QED) is 0.782. The standard InChI is InChI=1S/C13H18FNO/c1-13(14,10-5-7-16-8-6-10)11-3-2-4-12(15)9-11/h2-4,9-10H,5-8,15H2,1H3. The number of nitrogens with two attached hydrogens (primary N) is 1. The zero-order chi connectivity index (χ0) is 11.6. The third-order valence-electron chi connectivity index (χ3n) is 3.44. The Morgan fingerprint density at radius 1 is 1.38 bits per heavy atom. The van der Waals surface area contributed by atoms with E-state index in [1.807, 2.05) is 12.1 Å². The normalized spacial score (nSPS) is 21.6. The molecule has 1 aliphatic rings. The summed E-state index contributed by atoms with van der Waals surface area (Å²) in [5, 5.41) is 0. The van der Waals surface area contributed by atoms with Crippen molar-refractivity contribution < 1.29 is 9.13 Å².